The molecule has 1 aromatic rings. The number of likely N-dealkylation sites (N-methyl/N-ethyl adjacent to an activating group) is 1. The van der Waals surface area contributed by atoms with Gasteiger partial charge < -0.3 is 5.32 Å². The van der Waals surface area contributed by atoms with Gasteiger partial charge in [0.15, 0.2) is 0 Å². The van der Waals surface area contributed by atoms with Crippen LogP contribution in [0.4, 0.5) is 0 Å². The van der Waals surface area contributed by atoms with Crippen LogP contribution in [0.15, 0.2) is 24.3 Å². The van der Waals surface area contributed by atoms with E-state index in [2.05, 4.69) is 23.5 Å². The third-order valence-corrected chi connectivity index (χ3v) is 2.02. The van der Waals surface area contributed by atoms with Gasteiger partial charge in [0.05, 0.1) is 11.6 Å². The first kappa shape index (κ1) is 10.5. The molecule has 0 saturated heterocycles. The molecule has 0 heterocycles. The molecular formula is C12H14N2. The first-order valence-corrected chi connectivity index (χ1v) is 4.60. The topological polar surface area (TPSA) is 35.8 Å². The van der Waals surface area contributed by atoms with Crippen molar-refractivity contribution in [2.45, 2.75) is 6.92 Å². The summed E-state index contributed by atoms with van der Waals surface area (Å²) in [5, 5.41) is 11.7. The van der Waals surface area contributed by atoms with Gasteiger partial charge in [-0.2, -0.15) is 5.26 Å². The van der Waals surface area contributed by atoms with Crippen LogP contribution in [0.2, 0.25) is 0 Å². The average Bonchev–Trinajstić information content (AvgIpc) is 2.20. The normalized spacial score (nSPS) is 10.4. The highest BCUT2D eigenvalue weighted by Gasteiger charge is 1.95. The summed E-state index contributed by atoms with van der Waals surface area (Å²) in [5.74, 6) is 0. The fraction of sp³-hybridized carbons (Fsp3) is 0.250. The number of nitrogens with zero attached hydrogens (tertiary/aromatic N) is 1. The van der Waals surface area contributed by atoms with Crippen LogP contribution in [0.5, 0.6) is 0 Å². The fourth-order valence-corrected chi connectivity index (χ4v) is 1.24. The van der Waals surface area contributed by atoms with Crippen molar-refractivity contribution < 1.29 is 0 Å². The molecule has 0 bridgehead atoms. The van der Waals surface area contributed by atoms with Gasteiger partial charge >= 0.3 is 0 Å². The van der Waals surface area contributed by atoms with Gasteiger partial charge in [0.25, 0.3) is 0 Å². The van der Waals surface area contributed by atoms with Gasteiger partial charge in [-0.25, -0.2) is 0 Å². The predicted molar refractivity (Wildman–Crippen MR) is 58.9 cm³/mol. The summed E-state index contributed by atoms with van der Waals surface area (Å²) in [6.45, 7) is 2.87. The van der Waals surface area contributed by atoms with E-state index in [4.69, 9.17) is 5.26 Å². The third kappa shape index (κ3) is 2.72. The number of hydrogen-bond donors (Lipinski definition) is 1. The number of nitrogens with one attached hydrogen (secondary N) is 1. The summed E-state index contributed by atoms with van der Waals surface area (Å²) in [6, 6.07) is 7.84. The van der Waals surface area contributed by atoms with Crippen molar-refractivity contribution in [1.82, 2.24) is 5.32 Å². The lowest BCUT2D eigenvalue weighted by Gasteiger charge is -2.00. The van der Waals surface area contributed by atoms with E-state index in [1.807, 2.05) is 32.2 Å². The summed E-state index contributed by atoms with van der Waals surface area (Å²) in [7, 11) is 1.91. The summed E-state index contributed by atoms with van der Waals surface area (Å²) in [6.07, 6.45) is 4.13. The van der Waals surface area contributed by atoms with Crippen molar-refractivity contribution in [1.29, 1.82) is 5.26 Å². The lowest BCUT2D eigenvalue weighted by atomic mass is 10.1. The van der Waals surface area contributed by atoms with Gasteiger partial charge in [0.1, 0.15) is 0 Å². The molecular weight excluding hydrogens is 172 g/mol. The molecule has 2 heteroatoms. The summed E-state index contributed by atoms with van der Waals surface area (Å²) in [5.41, 5.74) is 3.02. The Kier molecular flexibility index (Phi) is 3.90. The molecule has 14 heavy (non-hydrogen) atoms. The van der Waals surface area contributed by atoms with Crippen LogP contribution in [0.3, 0.4) is 0 Å². The first-order chi connectivity index (χ1) is 6.77. The highest BCUT2D eigenvalue weighted by Crippen LogP contribution is 2.11. The van der Waals surface area contributed by atoms with E-state index in [0.717, 1.165) is 12.1 Å². The number of benzene rings is 1. The largest absolute Gasteiger partial charge is 0.316 e. The van der Waals surface area contributed by atoms with Gasteiger partial charge in [0, 0.05) is 6.54 Å². The summed E-state index contributed by atoms with van der Waals surface area (Å²) in [4.78, 5) is 0. The molecule has 0 aromatic heterocycles. The molecule has 0 saturated carbocycles. The average molecular weight is 186 g/mol. The molecule has 1 rings (SSSR count). The second-order valence-electron chi connectivity index (χ2n) is 3.14. The van der Waals surface area contributed by atoms with Crippen LogP contribution >= 0.6 is 0 Å². The quantitative estimate of drug-likeness (QED) is 0.784. The van der Waals surface area contributed by atoms with Crippen LogP contribution < -0.4 is 5.32 Å². The van der Waals surface area contributed by atoms with E-state index >= 15 is 0 Å². The molecule has 0 aliphatic rings. The van der Waals surface area contributed by atoms with Crippen LogP contribution in [-0.2, 0) is 0 Å². The zero-order chi connectivity index (χ0) is 10.4. The Morgan fingerprint density at radius 2 is 2.29 bits per heavy atom. The van der Waals surface area contributed by atoms with Gasteiger partial charge in [-0.15, -0.1) is 0 Å². The smallest absolute Gasteiger partial charge is 0.0991 e. The second kappa shape index (κ2) is 5.21. The lowest BCUT2D eigenvalue weighted by Crippen LogP contribution is -2.03. The van der Waals surface area contributed by atoms with Gasteiger partial charge in [-0.3, -0.25) is 0 Å². The van der Waals surface area contributed by atoms with Crippen molar-refractivity contribution in [3.05, 3.63) is 41.0 Å². The monoisotopic (exact) mass is 186 g/mol. The molecule has 0 unspecified atom stereocenters. The molecule has 72 valence electrons. The molecule has 1 N–H and O–H groups in total. The minimum atomic E-state index is 0.716. The van der Waals surface area contributed by atoms with Gasteiger partial charge in [0.2, 0.25) is 0 Å². The highest BCUT2D eigenvalue weighted by atomic mass is 14.8. The Morgan fingerprint density at radius 1 is 1.50 bits per heavy atom. The summed E-state index contributed by atoms with van der Waals surface area (Å²) < 4.78 is 0. The lowest BCUT2D eigenvalue weighted by molar-refractivity contribution is 0.922. The van der Waals surface area contributed by atoms with Crippen LogP contribution in [0.1, 0.15) is 16.7 Å². The van der Waals surface area contributed by atoms with Crippen LogP contribution in [-0.4, -0.2) is 13.6 Å². The molecule has 0 aliphatic carbocycles. The minimum absolute atomic E-state index is 0.716. The number of aryl methyl sites for hydroxylation is 1. The maximum atomic E-state index is 8.69. The fourth-order valence-electron chi connectivity index (χ4n) is 1.24. The van der Waals surface area contributed by atoms with Crippen molar-refractivity contribution in [2.24, 2.45) is 0 Å². The predicted octanol–water partition coefficient (Wildman–Crippen LogP) is 2.10. The molecule has 2 nitrogen and oxygen atoms in total. The standard InChI is InChI=1S/C12H14N2/c1-10-8-11(9-13)5-6-12(10)4-3-7-14-2/h3-6,8,14H,7H2,1-2H3. The Bertz CT molecular complexity index is 372. The number of rotatable bonds is 3. The molecule has 0 fully saturated rings. The molecule has 1 aromatic carbocycles. The minimum Gasteiger partial charge on any atom is -0.316 e. The third-order valence-electron chi connectivity index (χ3n) is 2.02. The molecule has 0 aliphatic heterocycles. The van der Waals surface area contributed by atoms with E-state index in [1.54, 1.807) is 0 Å². The zero-order valence-electron chi connectivity index (χ0n) is 8.54. The summed E-state index contributed by atoms with van der Waals surface area (Å²) >= 11 is 0. The van der Waals surface area contributed by atoms with Gasteiger partial charge in [-0.1, -0.05) is 18.2 Å². The SMILES string of the molecule is CNCC=Cc1ccc(C#N)cc1C. The number of nitriles is 1. The van der Waals surface area contributed by atoms with Crippen molar-refractivity contribution in [2.75, 3.05) is 13.6 Å². The Balaban J connectivity index is 2.85. The van der Waals surface area contributed by atoms with E-state index in [-0.39, 0.29) is 0 Å². The van der Waals surface area contributed by atoms with Crippen LogP contribution in [0.25, 0.3) is 6.08 Å². The first-order valence-electron chi connectivity index (χ1n) is 4.60. The molecule has 0 spiro atoms. The Hall–Kier alpha value is -1.59. The maximum absolute atomic E-state index is 8.69. The second-order valence-corrected chi connectivity index (χ2v) is 3.14. The maximum Gasteiger partial charge on any atom is 0.0991 e. The van der Waals surface area contributed by atoms with Crippen molar-refractivity contribution in [3.8, 4) is 6.07 Å². The van der Waals surface area contributed by atoms with E-state index in [9.17, 15) is 0 Å². The highest BCUT2D eigenvalue weighted by molar-refractivity contribution is 5.55. The van der Waals surface area contributed by atoms with Crippen LogP contribution in [0, 0.1) is 18.3 Å². The Morgan fingerprint density at radius 3 is 2.86 bits per heavy atom. The van der Waals surface area contributed by atoms with Crippen molar-refractivity contribution in [3.63, 3.8) is 0 Å². The molecule has 0 atom stereocenters. The van der Waals surface area contributed by atoms with E-state index in [1.165, 1.54) is 5.56 Å². The number of hydrogen-bond acceptors (Lipinski definition) is 2. The van der Waals surface area contributed by atoms with Crippen molar-refractivity contribution >= 4 is 6.08 Å². The van der Waals surface area contributed by atoms with E-state index in [0.29, 0.717) is 5.56 Å². The Labute approximate surface area is 84.9 Å². The molecule has 0 radical (unpaired) electrons. The zero-order valence-corrected chi connectivity index (χ0v) is 8.54. The van der Waals surface area contributed by atoms with E-state index < -0.39 is 0 Å². The molecule has 0 amide bonds. The van der Waals surface area contributed by atoms with Gasteiger partial charge in [-0.05, 0) is 37.2 Å².